The first kappa shape index (κ1) is 14.6. The fourth-order valence-corrected chi connectivity index (χ4v) is 4.61. The Kier molecular flexibility index (Phi) is 3.99. The third kappa shape index (κ3) is 2.95. The number of hydrogen-bond acceptors (Lipinski definition) is 6. The molecule has 23 heavy (non-hydrogen) atoms. The molecule has 0 bridgehead atoms. The molecule has 7 heteroatoms. The predicted molar refractivity (Wildman–Crippen MR) is 96.0 cm³/mol. The Labute approximate surface area is 145 Å². The number of hydrogen-bond donors (Lipinski definition) is 0. The lowest BCUT2D eigenvalue weighted by Crippen LogP contribution is -1.93. The van der Waals surface area contributed by atoms with Gasteiger partial charge in [-0.2, -0.15) is 0 Å². The highest BCUT2D eigenvalue weighted by Gasteiger charge is 2.14. The van der Waals surface area contributed by atoms with Gasteiger partial charge in [-0.05, 0) is 23.2 Å². The van der Waals surface area contributed by atoms with Crippen molar-refractivity contribution in [2.75, 3.05) is 0 Å². The van der Waals surface area contributed by atoms with Gasteiger partial charge >= 0.3 is 0 Å². The van der Waals surface area contributed by atoms with Crippen molar-refractivity contribution >= 4 is 34.4 Å². The topological polar surface area (TPSA) is 43.6 Å². The first-order valence-corrected chi connectivity index (χ1v) is 9.51. The third-order valence-electron chi connectivity index (χ3n) is 3.31. The van der Waals surface area contributed by atoms with Crippen LogP contribution in [-0.2, 0) is 7.05 Å². The number of thiophene rings is 1. The van der Waals surface area contributed by atoms with Crippen molar-refractivity contribution in [3.8, 4) is 22.0 Å². The lowest BCUT2D eigenvalue weighted by Gasteiger charge is -2.00. The summed E-state index contributed by atoms with van der Waals surface area (Å²) in [4.78, 5) is 5.81. The van der Waals surface area contributed by atoms with Crippen molar-refractivity contribution in [1.82, 2.24) is 19.7 Å². The van der Waals surface area contributed by atoms with E-state index in [9.17, 15) is 0 Å². The molecule has 4 aromatic rings. The number of benzene rings is 1. The Balaban J connectivity index is 1.59. The molecule has 3 heterocycles. The summed E-state index contributed by atoms with van der Waals surface area (Å²) in [6.45, 7) is 0. The normalized spacial score (nSPS) is 11.0. The molecular weight excluding hydrogens is 344 g/mol. The maximum absolute atomic E-state index is 4.69. The molecule has 0 radical (unpaired) electrons. The number of rotatable bonds is 4. The Hall–Kier alpha value is -1.96. The van der Waals surface area contributed by atoms with Crippen LogP contribution in [0.15, 0.2) is 62.7 Å². The minimum atomic E-state index is 0.849. The van der Waals surface area contributed by atoms with Gasteiger partial charge in [-0.3, -0.25) is 0 Å². The second-order valence-electron chi connectivity index (χ2n) is 4.81. The molecule has 0 aliphatic rings. The molecule has 1 aromatic carbocycles. The average Bonchev–Trinajstić information content (AvgIpc) is 3.31. The molecule has 4 nitrogen and oxygen atoms in total. The van der Waals surface area contributed by atoms with Crippen LogP contribution in [0.4, 0.5) is 0 Å². The van der Waals surface area contributed by atoms with E-state index in [2.05, 4.69) is 33.8 Å². The summed E-state index contributed by atoms with van der Waals surface area (Å²) in [7, 11) is 1.99. The lowest BCUT2D eigenvalue weighted by atomic mass is 10.2. The maximum Gasteiger partial charge on any atom is 0.198 e. The van der Waals surface area contributed by atoms with Crippen LogP contribution in [-0.4, -0.2) is 19.7 Å². The van der Waals surface area contributed by atoms with Crippen molar-refractivity contribution < 1.29 is 0 Å². The number of thiazole rings is 1. The van der Waals surface area contributed by atoms with E-state index in [0.29, 0.717) is 0 Å². The van der Waals surface area contributed by atoms with E-state index in [1.54, 1.807) is 34.4 Å². The van der Waals surface area contributed by atoms with Crippen molar-refractivity contribution in [3.63, 3.8) is 0 Å². The van der Waals surface area contributed by atoms with Gasteiger partial charge in [0.05, 0.1) is 10.6 Å². The molecule has 3 aromatic heterocycles. The van der Waals surface area contributed by atoms with E-state index in [-0.39, 0.29) is 0 Å². The number of nitrogens with zero attached hydrogens (tertiary/aromatic N) is 4. The van der Waals surface area contributed by atoms with Crippen LogP contribution in [0.3, 0.4) is 0 Å². The molecule has 114 valence electrons. The predicted octanol–water partition coefficient (Wildman–Crippen LogP) is 4.82. The van der Waals surface area contributed by atoms with Crippen LogP contribution in [0.2, 0.25) is 0 Å². The van der Waals surface area contributed by atoms with Gasteiger partial charge in [-0.15, -0.1) is 32.9 Å². The molecule has 0 saturated carbocycles. The summed E-state index contributed by atoms with van der Waals surface area (Å²) in [5.41, 5.74) is 2.13. The number of aromatic nitrogens is 4. The zero-order valence-corrected chi connectivity index (χ0v) is 14.7. The zero-order chi connectivity index (χ0) is 15.6. The van der Waals surface area contributed by atoms with Gasteiger partial charge in [-0.25, -0.2) is 4.98 Å². The van der Waals surface area contributed by atoms with E-state index >= 15 is 0 Å². The molecule has 0 amide bonds. The van der Waals surface area contributed by atoms with Crippen LogP contribution in [0, 0.1) is 0 Å². The maximum atomic E-state index is 4.69. The van der Waals surface area contributed by atoms with Gasteiger partial charge in [0.1, 0.15) is 0 Å². The Morgan fingerprint density at radius 3 is 2.65 bits per heavy atom. The average molecular weight is 357 g/mol. The standard InChI is InChI=1S/C16H12N4S3/c1-20-14(13-8-5-9-21-13)18-19-15(20)23-16-17-12(10-22-16)11-6-3-2-4-7-11/h2-10H,1H3. The summed E-state index contributed by atoms with van der Waals surface area (Å²) in [5, 5.41) is 13.6. The van der Waals surface area contributed by atoms with Crippen molar-refractivity contribution in [2.24, 2.45) is 7.05 Å². The van der Waals surface area contributed by atoms with Gasteiger partial charge in [0, 0.05) is 18.0 Å². The van der Waals surface area contributed by atoms with Gasteiger partial charge in [0.2, 0.25) is 0 Å². The van der Waals surface area contributed by atoms with Crippen LogP contribution in [0.5, 0.6) is 0 Å². The molecular formula is C16H12N4S3. The van der Waals surface area contributed by atoms with Gasteiger partial charge in [0.15, 0.2) is 15.3 Å². The lowest BCUT2D eigenvalue weighted by molar-refractivity contribution is 0.794. The largest absolute Gasteiger partial charge is 0.304 e. The zero-order valence-electron chi connectivity index (χ0n) is 12.2. The highest BCUT2D eigenvalue weighted by atomic mass is 32.2. The monoisotopic (exact) mass is 356 g/mol. The van der Waals surface area contributed by atoms with Crippen LogP contribution < -0.4 is 0 Å². The SMILES string of the molecule is Cn1c(Sc2nc(-c3ccccc3)cs2)nnc1-c1cccs1. The summed E-state index contributed by atoms with van der Waals surface area (Å²) in [6.07, 6.45) is 0. The molecule has 0 fully saturated rings. The second kappa shape index (κ2) is 6.27. The van der Waals surface area contributed by atoms with E-state index < -0.39 is 0 Å². The minimum absolute atomic E-state index is 0.849. The molecule has 0 saturated heterocycles. The summed E-state index contributed by atoms with van der Waals surface area (Å²) in [6, 6.07) is 14.3. The van der Waals surface area contributed by atoms with E-state index in [1.807, 2.05) is 41.3 Å². The van der Waals surface area contributed by atoms with Gasteiger partial charge < -0.3 is 4.57 Å². The van der Waals surface area contributed by atoms with Crippen molar-refractivity contribution in [3.05, 3.63) is 53.2 Å². The van der Waals surface area contributed by atoms with Crippen molar-refractivity contribution in [1.29, 1.82) is 0 Å². The van der Waals surface area contributed by atoms with E-state index in [1.165, 1.54) is 0 Å². The van der Waals surface area contributed by atoms with Gasteiger partial charge in [0.25, 0.3) is 0 Å². The van der Waals surface area contributed by atoms with Gasteiger partial charge in [-0.1, -0.05) is 36.4 Å². The van der Waals surface area contributed by atoms with Crippen LogP contribution in [0.25, 0.3) is 22.0 Å². The molecule has 0 spiro atoms. The molecule has 0 unspecified atom stereocenters. The van der Waals surface area contributed by atoms with Crippen molar-refractivity contribution in [2.45, 2.75) is 9.50 Å². The van der Waals surface area contributed by atoms with Crippen LogP contribution >= 0.6 is 34.4 Å². The van der Waals surface area contributed by atoms with E-state index in [0.717, 1.165) is 31.5 Å². The first-order valence-electron chi connectivity index (χ1n) is 6.93. The molecule has 0 atom stereocenters. The van der Waals surface area contributed by atoms with E-state index in [4.69, 9.17) is 4.98 Å². The quantitative estimate of drug-likeness (QED) is 0.526. The van der Waals surface area contributed by atoms with Crippen LogP contribution in [0.1, 0.15) is 0 Å². The minimum Gasteiger partial charge on any atom is -0.304 e. The highest BCUT2D eigenvalue weighted by molar-refractivity contribution is 8.00. The Bertz CT molecular complexity index is 910. The summed E-state index contributed by atoms with van der Waals surface area (Å²) < 4.78 is 2.98. The Morgan fingerprint density at radius 2 is 1.87 bits per heavy atom. The summed E-state index contributed by atoms with van der Waals surface area (Å²) in [5.74, 6) is 0.891. The fourth-order valence-electron chi connectivity index (χ4n) is 2.15. The molecule has 0 N–H and O–H groups in total. The second-order valence-corrected chi connectivity index (χ2v) is 7.83. The smallest absolute Gasteiger partial charge is 0.198 e. The fraction of sp³-hybridized carbons (Fsp3) is 0.0625. The highest BCUT2D eigenvalue weighted by Crippen LogP contribution is 2.34. The molecule has 0 aliphatic heterocycles. The summed E-state index contributed by atoms with van der Waals surface area (Å²) >= 11 is 4.84. The molecule has 0 aliphatic carbocycles. The Morgan fingerprint density at radius 1 is 1.00 bits per heavy atom. The molecule has 4 rings (SSSR count). The third-order valence-corrected chi connectivity index (χ3v) is 6.15. The first-order chi connectivity index (χ1) is 11.3.